The van der Waals surface area contributed by atoms with E-state index in [1.165, 1.54) is 12.7 Å². The molecule has 1 atom stereocenters. The average molecular weight is 267 g/mol. The zero-order chi connectivity index (χ0) is 13.7. The van der Waals surface area contributed by atoms with Gasteiger partial charge in [0.2, 0.25) is 0 Å². The predicted octanol–water partition coefficient (Wildman–Crippen LogP) is 1.43. The summed E-state index contributed by atoms with van der Waals surface area (Å²) < 4.78 is 10.3. The maximum Gasteiger partial charge on any atom is 0.360 e. The van der Waals surface area contributed by atoms with Crippen LogP contribution in [0, 0.1) is 0 Å². The summed E-state index contributed by atoms with van der Waals surface area (Å²) >= 11 is 0. The fourth-order valence-electron chi connectivity index (χ4n) is 2.40. The highest BCUT2D eigenvalue weighted by atomic mass is 16.5. The van der Waals surface area contributed by atoms with Gasteiger partial charge in [-0.15, -0.1) is 0 Å². The Morgan fingerprint density at radius 3 is 3.21 bits per heavy atom. The predicted molar refractivity (Wildman–Crippen MR) is 71.4 cm³/mol. The molecule has 0 saturated carbocycles. The number of hydrogen-bond acceptors (Lipinski definition) is 6. The van der Waals surface area contributed by atoms with Crippen LogP contribution in [0.2, 0.25) is 0 Å². The first kappa shape index (κ1) is 13.9. The lowest BCUT2D eigenvalue weighted by molar-refractivity contribution is 0.0519. The lowest BCUT2D eigenvalue weighted by Crippen LogP contribution is -2.45. The lowest BCUT2D eigenvalue weighted by atomic mass is 10.0. The summed E-state index contributed by atoms with van der Waals surface area (Å²) in [6, 6.07) is 0.885. The van der Waals surface area contributed by atoms with Crippen molar-refractivity contribution in [3.8, 4) is 0 Å². The third kappa shape index (κ3) is 3.26. The number of ether oxygens (including phenoxy) is 1. The summed E-state index contributed by atoms with van der Waals surface area (Å²) in [5.74, 6) is -0.431. The maximum atomic E-state index is 11.6. The molecule has 0 aliphatic carbocycles. The van der Waals surface area contributed by atoms with Crippen LogP contribution in [0.1, 0.15) is 36.7 Å². The van der Waals surface area contributed by atoms with Crippen LogP contribution in [0.4, 0.5) is 6.01 Å². The van der Waals surface area contributed by atoms with Crippen LogP contribution >= 0.6 is 0 Å². The van der Waals surface area contributed by atoms with E-state index in [-0.39, 0.29) is 5.69 Å². The van der Waals surface area contributed by atoms with Crippen molar-refractivity contribution in [1.29, 1.82) is 0 Å². The molecule has 1 aliphatic heterocycles. The van der Waals surface area contributed by atoms with Gasteiger partial charge in [-0.3, -0.25) is 0 Å². The molecule has 1 aromatic heterocycles. The first-order valence-corrected chi connectivity index (χ1v) is 6.80. The van der Waals surface area contributed by atoms with Crippen LogP contribution < -0.4 is 10.2 Å². The quantitative estimate of drug-likeness (QED) is 0.814. The van der Waals surface area contributed by atoms with E-state index in [2.05, 4.69) is 15.2 Å². The first-order chi connectivity index (χ1) is 9.26. The number of nitrogens with zero attached hydrogens (tertiary/aromatic N) is 2. The monoisotopic (exact) mass is 267 g/mol. The molecule has 0 spiro atoms. The molecule has 1 fully saturated rings. The van der Waals surface area contributed by atoms with Gasteiger partial charge >= 0.3 is 5.97 Å². The zero-order valence-corrected chi connectivity index (χ0v) is 11.5. The molecule has 1 saturated heterocycles. The van der Waals surface area contributed by atoms with E-state index in [1.54, 1.807) is 6.92 Å². The van der Waals surface area contributed by atoms with Crippen LogP contribution in [0.15, 0.2) is 10.7 Å². The van der Waals surface area contributed by atoms with Crippen LogP contribution in [0.25, 0.3) is 0 Å². The largest absolute Gasteiger partial charge is 0.461 e. The Morgan fingerprint density at radius 1 is 1.63 bits per heavy atom. The highest BCUT2D eigenvalue weighted by Gasteiger charge is 2.26. The van der Waals surface area contributed by atoms with Crippen LogP contribution in [-0.2, 0) is 4.74 Å². The second-order valence-electron chi connectivity index (χ2n) is 4.64. The van der Waals surface area contributed by atoms with Gasteiger partial charge in [-0.25, -0.2) is 4.79 Å². The molecule has 1 aromatic rings. The molecule has 2 heterocycles. The van der Waals surface area contributed by atoms with E-state index >= 15 is 0 Å². The molecule has 1 aliphatic rings. The van der Waals surface area contributed by atoms with E-state index < -0.39 is 5.97 Å². The first-order valence-electron chi connectivity index (χ1n) is 6.80. The Balaban J connectivity index is 2.09. The Labute approximate surface area is 113 Å². The van der Waals surface area contributed by atoms with Crippen molar-refractivity contribution in [2.75, 3.05) is 31.6 Å². The smallest absolute Gasteiger partial charge is 0.360 e. The Bertz CT molecular complexity index is 417. The van der Waals surface area contributed by atoms with E-state index in [0.717, 1.165) is 25.9 Å². The average Bonchev–Trinajstić information content (AvgIpc) is 2.90. The number of carbonyl (C=O) groups excluding carboxylic acids is 1. The van der Waals surface area contributed by atoms with Gasteiger partial charge in [-0.1, -0.05) is 0 Å². The molecule has 1 N–H and O–H groups in total. The third-order valence-electron chi connectivity index (χ3n) is 3.29. The van der Waals surface area contributed by atoms with Gasteiger partial charge in [0.15, 0.2) is 5.69 Å². The number of rotatable bonds is 5. The van der Waals surface area contributed by atoms with Gasteiger partial charge in [-0.2, -0.15) is 4.98 Å². The van der Waals surface area contributed by atoms with Crippen LogP contribution in [0.5, 0.6) is 0 Å². The fourth-order valence-corrected chi connectivity index (χ4v) is 2.40. The Hall–Kier alpha value is -1.56. The maximum absolute atomic E-state index is 11.6. The SMILES string of the molecule is CCOC(=O)c1coc(N2CCCCC2CNC)n1. The van der Waals surface area contributed by atoms with Gasteiger partial charge in [0, 0.05) is 19.1 Å². The van der Waals surface area contributed by atoms with Gasteiger partial charge in [-0.05, 0) is 33.2 Å². The van der Waals surface area contributed by atoms with Crippen molar-refractivity contribution in [3.05, 3.63) is 12.0 Å². The number of likely N-dealkylation sites (N-methyl/N-ethyl adjacent to an activating group) is 1. The Morgan fingerprint density at radius 2 is 2.47 bits per heavy atom. The number of oxazole rings is 1. The molecule has 0 aromatic carbocycles. The molecule has 1 unspecified atom stereocenters. The second-order valence-corrected chi connectivity index (χ2v) is 4.64. The van der Waals surface area contributed by atoms with Crippen molar-refractivity contribution >= 4 is 12.0 Å². The molecule has 2 rings (SSSR count). The number of nitrogens with one attached hydrogen (secondary N) is 1. The van der Waals surface area contributed by atoms with Crippen LogP contribution in [-0.4, -0.2) is 43.7 Å². The minimum absolute atomic E-state index is 0.241. The highest BCUT2D eigenvalue weighted by molar-refractivity contribution is 5.87. The van der Waals surface area contributed by atoms with E-state index in [9.17, 15) is 4.79 Å². The molecular weight excluding hydrogens is 246 g/mol. The van der Waals surface area contributed by atoms with E-state index in [0.29, 0.717) is 18.7 Å². The van der Waals surface area contributed by atoms with Crippen molar-refractivity contribution < 1.29 is 13.9 Å². The Kier molecular flexibility index (Phi) is 4.79. The van der Waals surface area contributed by atoms with Crippen molar-refractivity contribution in [3.63, 3.8) is 0 Å². The summed E-state index contributed by atoms with van der Waals surface area (Å²) in [5, 5.41) is 3.18. The summed E-state index contributed by atoms with van der Waals surface area (Å²) in [6.45, 7) is 3.91. The van der Waals surface area contributed by atoms with E-state index in [4.69, 9.17) is 9.15 Å². The normalized spacial score (nSPS) is 19.5. The molecule has 6 heteroatoms. The summed E-state index contributed by atoms with van der Waals surface area (Å²) in [5.41, 5.74) is 0.241. The van der Waals surface area contributed by atoms with Crippen molar-refractivity contribution in [1.82, 2.24) is 10.3 Å². The standard InChI is InChI=1S/C13H21N3O3/c1-3-18-12(17)11-9-19-13(15-11)16-7-5-4-6-10(16)8-14-2/h9-10,14H,3-8H2,1-2H3. The number of esters is 1. The van der Waals surface area contributed by atoms with Gasteiger partial charge in [0.1, 0.15) is 6.26 Å². The lowest BCUT2D eigenvalue weighted by Gasteiger charge is -2.34. The number of hydrogen-bond donors (Lipinski definition) is 1. The molecule has 0 radical (unpaired) electrons. The molecular formula is C13H21N3O3. The highest BCUT2D eigenvalue weighted by Crippen LogP contribution is 2.24. The molecule has 0 bridgehead atoms. The minimum Gasteiger partial charge on any atom is -0.461 e. The molecule has 6 nitrogen and oxygen atoms in total. The van der Waals surface area contributed by atoms with Crippen molar-refractivity contribution in [2.45, 2.75) is 32.2 Å². The second kappa shape index (κ2) is 6.56. The molecule has 106 valence electrons. The van der Waals surface area contributed by atoms with Gasteiger partial charge < -0.3 is 19.4 Å². The zero-order valence-electron chi connectivity index (χ0n) is 11.5. The molecule has 0 amide bonds. The van der Waals surface area contributed by atoms with Gasteiger partial charge in [0.25, 0.3) is 6.01 Å². The van der Waals surface area contributed by atoms with Crippen LogP contribution in [0.3, 0.4) is 0 Å². The third-order valence-corrected chi connectivity index (χ3v) is 3.29. The number of anilines is 1. The number of aromatic nitrogens is 1. The number of carbonyl (C=O) groups is 1. The number of piperidine rings is 1. The van der Waals surface area contributed by atoms with Crippen molar-refractivity contribution in [2.24, 2.45) is 0 Å². The topological polar surface area (TPSA) is 67.6 Å². The summed E-state index contributed by atoms with van der Waals surface area (Å²) in [7, 11) is 1.94. The van der Waals surface area contributed by atoms with E-state index in [1.807, 2.05) is 7.05 Å². The minimum atomic E-state index is -0.431. The summed E-state index contributed by atoms with van der Waals surface area (Å²) in [6.07, 6.45) is 4.82. The summed E-state index contributed by atoms with van der Waals surface area (Å²) in [4.78, 5) is 17.9. The molecule has 19 heavy (non-hydrogen) atoms. The fraction of sp³-hybridized carbons (Fsp3) is 0.692. The van der Waals surface area contributed by atoms with Gasteiger partial charge in [0.05, 0.1) is 6.61 Å².